The van der Waals surface area contributed by atoms with Crippen LogP contribution in [0.4, 0.5) is 0 Å². The topological polar surface area (TPSA) is 75.7 Å². The molecule has 1 aromatic rings. The normalized spacial score (nSPS) is 11.5. The van der Waals surface area contributed by atoms with Crippen molar-refractivity contribution >= 4 is 15.9 Å². The van der Waals surface area contributed by atoms with Gasteiger partial charge in [0, 0.05) is 13.6 Å². The predicted molar refractivity (Wildman–Crippen MR) is 80.8 cm³/mol. The highest BCUT2D eigenvalue weighted by molar-refractivity contribution is 7.89. The highest BCUT2D eigenvalue weighted by Gasteiger charge is 2.26. The monoisotopic (exact) mass is 314 g/mol. The molecule has 7 heteroatoms. The first-order chi connectivity index (χ1) is 9.82. The fourth-order valence-electron chi connectivity index (χ4n) is 1.76. The van der Waals surface area contributed by atoms with Gasteiger partial charge in [-0.1, -0.05) is 13.0 Å². The lowest BCUT2D eigenvalue weighted by atomic mass is 10.2. The number of ether oxygens (including phenoxy) is 1. The molecule has 0 aliphatic rings. The highest BCUT2D eigenvalue weighted by atomic mass is 32.2. The average Bonchev–Trinajstić information content (AvgIpc) is 2.44. The van der Waals surface area contributed by atoms with Crippen LogP contribution in [0, 0.1) is 6.92 Å². The Labute approximate surface area is 126 Å². The zero-order chi connectivity index (χ0) is 16.0. The zero-order valence-corrected chi connectivity index (χ0v) is 13.7. The van der Waals surface area contributed by atoms with Gasteiger partial charge in [0.05, 0.1) is 13.7 Å². The van der Waals surface area contributed by atoms with Crippen molar-refractivity contribution in [3.8, 4) is 5.75 Å². The largest absolute Gasteiger partial charge is 0.495 e. The number of rotatable bonds is 7. The fourth-order valence-corrected chi connectivity index (χ4v) is 3.12. The van der Waals surface area contributed by atoms with E-state index < -0.39 is 10.0 Å². The summed E-state index contributed by atoms with van der Waals surface area (Å²) in [5.41, 5.74) is 0.804. The van der Waals surface area contributed by atoms with Crippen LogP contribution in [0.25, 0.3) is 0 Å². The first-order valence-electron chi connectivity index (χ1n) is 6.70. The quantitative estimate of drug-likeness (QED) is 0.819. The van der Waals surface area contributed by atoms with Crippen molar-refractivity contribution in [2.24, 2.45) is 0 Å². The summed E-state index contributed by atoms with van der Waals surface area (Å²) in [6.07, 6.45) is 0.800. The Morgan fingerprint density at radius 2 is 2.05 bits per heavy atom. The van der Waals surface area contributed by atoms with Crippen molar-refractivity contribution < 1.29 is 17.9 Å². The lowest BCUT2D eigenvalue weighted by molar-refractivity contribution is -0.121. The van der Waals surface area contributed by atoms with Gasteiger partial charge in [0.2, 0.25) is 15.9 Å². The van der Waals surface area contributed by atoms with Gasteiger partial charge in [-0.3, -0.25) is 4.79 Å². The molecule has 118 valence electrons. The Morgan fingerprint density at radius 3 is 2.62 bits per heavy atom. The number of likely N-dealkylation sites (N-methyl/N-ethyl adjacent to an activating group) is 1. The predicted octanol–water partition coefficient (Wildman–Crippen LogP) is 1.15. The molecule has 0 heterocycles. The maximum Gasteiger partial charge on any atom is 0.246 e. The minimum absolute atomic E-state index is 0.0655. The second-order valence-corrected chi connectivity index (χ2v) is 6.78. The summed E-state index contributed by atoms with van der Waals surface area (Å²) < 4.78 is 31.2. The summed E-state index contributed by atoms with van der Waals surface area (Å²) in [6.45, 7) is 4.03. The smallest absolute Gasteiger partial charge is 0.246 e. The molecule has 1 N–H and O–H groups in total. The van der Waals surface area contributed by atoms with Crippen LogP contribution in [-0.4, -0.2) is 45.9 Å². The first kappa shape index (κ1) is 17.5. The number of nitrogens with zero attached hydrogens (tertiary/aromatic N) is 1. The maximum atomic E-state index is 12.5. The number of carbonyl (C=O) groups excluding carboxylic acids is 1. The molecule has 0 fully saturated rings. The van der Waals surface area contributed by atoms with Crippen molar-refractivity contribution in [2.75, 3.05) is 27.2 Å². The number of sulfonamides is 1. The summed E-state index contributed by atoms with van der Waals surface area (Å²) in [5, 5.41) is 2.65. The van der Waals surface area contributed by atoms with Crippen LogP contribution in [0.2, 0.25) is 0 Å². The molecule has 1 amide bonds. The van der Waals surface area contributed by atoms with E-state index in [0.29, 0.717) is 6.54 Å². The summed E-state index contributed by atoms with van der Waals surface area (Å²) in [7, 11) is -0.985. The number of carbonyl (C=O) groups is 1. The molecular formula is C14H22N2O4S. The van der Waals surface area contributed by atoms with E-state index in [4.69, 9.17) is 4.74 Å². The van der Waals surface area contributed by atoms with Gasteiger partial charge in [-0.05, 0) is 31.0 Å². The Hall–Kier alpha value is -1.60. The molecule has 1 rings (SSSR count). The standard InChI is InChI=1S/C14H22N2O4S/c1-5-8-15-14(17)10-16(3)21(18,19)13-9-11(2)6-7-12(13)20-4/h6-7,9H,5,8,10H2,1-4H3,(H,15,17). The van der Waals surface area contributed by atoms with Crippen molar-refractivity contribution in [3.05, 3.63) is 23.8 Å². The van der Waals surface area contributed by atoms with Gasteiger partial charge in [0.1, 0.15) is 10.6 Å². The molecule has 0 spiro atoms. The molecule has 0 saturated heterocycles. The SMILES string of the molecule is CCCNC(=O)CN(C)S(=O)(=O)c1cc(C)ccc1OC. The van der Waals surface area contributed by atoms with Gasteiger partial charge >= 0.3 is 0 Å². The molecule has 6 nitrogen and oxygen atoms in total. The lowest BCUT2D eigenvalue weighted by Crippen LogP contribution is -2.38. The third kappa shape index (κ3) is 4.44. The third-order valence-electron chi connectivity index (χ3n) is 2.95. The average molecular weight is 314 g/mol. The highest BCUT2D eigenvalue weighted by Crippen LogP contribution is 2.26. The van der Waals surface area contributed by atoms with Crippen LogP contribution in [0.5, 0.6) is 5.75 Å². The number of methoxy groups -OCH3 is 1. The number of hydrogen-bond acceptors (Lipinski definition) is 4. The van der Waals surface area contributed by atoms with Crippen LogP contribution < -0.4 is 10.1 Å². The van der Waals surface area contributed by atoms with Crippen molar-refractivity contribution in [2.45, 2.75) is 25.2 Å². The summed E-state index contributed by atoms with van der Waals surface area (Å²) in [5.74, 6) is -0.0593. The second-order valence-electron chi connectivity index (χ2n) is 4.77. The molecule has 0 saturated carbocycles. The molecule has 0 aromatic heterocycles. The summed E-state index contributed by atoms with van der Waals surface area (Å²) in [4.78, 5) is 11.7. The van der Waals surface area contributed by atoms with Gasteiger partial charge in [-0.15, -0.1) is 0 Å². The second kappa shape index (κ2) is 7.42. The van der Waals surface area contributed by atoms with Crippen LogP contribution >= 0.6 is 0 Å². The minimum atomic E-state index is -3.78. The first-order valence-corrected chi connectivity index (χ1v) is 8.14. The van der Waals surface area contributed by atoms with E-state index in [1.807, 2.05) is 6.92 Å². The van der Waals surface area contributed by atoms with Crippen molar-refractivity contribution in [1.82, 2.24) is 9.62 Å². The molecule has 0 aliphatic carbocycles. The minimum Gasteiger partial charge on any atom is -0.495 e. The van der Waals surface area contributed by atoms with Crippen LogP contribution in [0.1, 0.15) is 18.9 Å². The van der Waals surface area contributed by atoms with Gasteiger partial charge in [0.15, 0.2) is 0 Å². The molecule has 21 heavy (non-hydrogen) atoms. The van der Waals surface area contributed by atoms with E-state index in [1.54, 1.807) is 19.1 Å². The lowest BCUT2D eigenvalue weighted by Gasteiger charge is -2.18. The van der Waals surface area contributed by atoms with Crippen LogP contribution in [-0.2, 0) is 14.8 Å². The number of aryl methyl sites for hydroxylation is 1. The van der Waals surface area contributed by atoms with Gasteiger partial charge in [0.25, 0.3) is 0 Å². The van der Waals surface area contributed by atoms with Crippen LogP contribution in [0.3, 0.4) is 0 Å². The third-order valence-corrected chi connectivity index (χ3v) is 4.77. The fraction of sp³-hybridized carbons (Fsp3) is 0.500. The summed E-state index contributed by atoms with van der Waals surface area (Å²) >= 11 is 0. The van der Waals surface area contributed by atoms with Gasteiger partial charge < -0.3 is 10.1 Å². The molecule has 0 atom stereocenters. The molecule has 0 bridgehead atoms. The number of benzene rings is 1. The van der Waals surface area contributed by atoms with E-state index in [0.717, 1.165) is 16.3 Å². The van der Waals surface area contributed by atoms with E-state index in [1.165, 1.54) is 20.2 Å². The van der Waals surface area contributed by atoms with Crippen molar-refractivity contribution in [3.63, 3.8) is 0 Å². The van der Waals surface area contributed by atoms with Crippen LogP contribution in [0.15, 0.2) is 23.1 Å². The Kier molecular flexibility index (Phi) is 6.17. The molecule has 0 unspecified atom stereocenters. The number of amides is 1. The molecule has 0 aliphatic heterocycles. The zero-order valence-electron chi connectivity index (χ0n) is 12.8. The maximum absolute atomic E-state index is 12.5. The van der Waals surface area contributed by atoms with Gasteiger partial charge in [-0.25, -0.2) is 8.42 Å². The molecular weight excluding hydrogens is 292 g/mol. The van der Waals surface area contributed by atoms with E-state index in [9.17, 15) is 13.2 Å². The van der Waals surface area contributed by atoms with E-state index in [-0.39, 0.29) is 23.1 Å². The van der Waals surface area contributed by atoms with Gasteiger partial charge in [-0.2, -0.15) is 4.31 Å². The number of hydrogen-bond donors (Lipinski definition) is 1. The van der Waals surface area contributed by atoms with E-state index in [2.05, 4.69) is 5.32 Å². The molecule has 1 aromatic carbocycles. The summed E-state index contributed by atoms with van der Waals surface area (Å²) in [6, 6.07) is 4.91. The molecule has 0 radical (unpaired) electrons. The Bertz CT molecular complexity index is 599. The van der Waals surface area contributed by atoms with E-state index >= 15 is 0 Å². The number of nitrogens with one attached hydrogen (secondary N) is 1. The Morgan fingerprint density at radius 1 is 1.38 bits per heavy atom. The van der Waals surface area contributed by atoms with Crippen molar-refractivity contribution in [1.29, 1.82) is 0 Å². The Balaban J connectivity index is 3.00.